The summed E-state index contributed by atoms with van der Waals surface area (Å²) >= 11 is 0. The quantitative estimate of drug-likeness (QED) is 0.727. The number of pyridine rings is 1. The molecule has 0 saturated heterocycles. The molecule has 6 heteroatoms. The van der Waals surface area contributed by atoms with Crippen LogP contribution in [0.25, 0.3) is 10.9 Å². The average Bonchev–Trinajstić information content (AvgIpc) is 2.72. The number of nitrogens with one attached hydrogen (secondary N) is 2. The SMILES string of the molecule is COc1ccc(OC)c2[nH]c(=O)c(CCNC(=O)CCC3CCCCC3)cc12. The monoisotopic (exact) mass is 386 g/mol. The first kappa shape index (κ1) is 20.2. The molecule has 1 fully saturated rings. The Hall–Kier alpha value is -2.50. The van der Waals surface area contributed by atoms with Gasteiger partial charge in [0.1, 0.15) is 11.5 Å². The van der Waals surface area contributed by atoms with Crippen LogP contribution in [0.1, 0.15) is 50.5 Å². The number of hydrogen-bond donors (Lipinski definition) is 2. The second-order valence-corrected chi connectivity index (χ2v) is 7.53. The van der Waals surface area contributed by atoms with E-state index in [1.807, 2.05) is 12.1 Å². The van der Waals surface area contributed by atoms with E-state index in [9.17, 15) is 9.59 Å². The molecule has 28 heavy (non-hydrogen) atoms. The van der Waals surface area contributed by atoms with Gasteiger partial charge in [-0.3, -0.25) is 9.59 Å². The van der Waals surface area contributed by atoms with Gasteiger partial charge in [0.25, 0.3) is 5.56 Å². The molecular weight excluding hydrogens is 356 g/mol. The lowest BCUT2D eigenvalue weighted by Crippen LogP contribution is -2.27. The normalized spacial score (nSPS) is 14.8. The largest absolute Gasteiger partial charge is 0.496 e. The van der Waals surface area contributed by atoms with Crippen LogP contribution in [0.4, 0.5) is 0 Å². The van der Waals surface area contributed by atoms with Gasteiger partial charge in [-0.05, 0) is 37.0 Å². The van der Waals surface area contributed by atoms with Crippen LogP contribution < -0.4 is 20.3 Å². The fraction of sp³-hybridized carbons (Fsp3) is 0.545. The Morgan fingerprint density at radius 2 is 1.86 bits per heavy atom. The Kier molecular flexibility index (Phi) is 6.95. The number of ether oxygens (including phenoxy) is 2. The highest BCUT2D eigenvalue weighted by atomic mass is 16.5. The smallest absolute Gasteiger partial charge is 0.251 e. The molecule has 0 atom stereocenters. The minimum absolute atomic E-state index is 0.0713. The van der Waals surface area contributed by atoms with E-state index in [0.717, 1.165) is 11.8 Å². The Morgan fingerprint density at radius 1 is 1.14 bits per heavy atom. The summed E-state index contributed by atoms with van der Waals surface area (Å²) in [5, 5.41) is 3.74. The molecule has 0 aliphatic heterocycles. The number of aromatic nitrogens is 1. The zero-order valence-electron chi connectivity index (χ0n) is 16.8. The molecule has 0 bridgehead atoms. The Balaban J connectivity index is 1.60. The van der Waals surface area contributed by atoms with Crippen molar-refractivity contribution in [1.29, 1.82) is 0 Å². The van der Waals surface area contributed by atoms with Gasteiger partial charge in [-0.25, -0.2) is 0 Å². The number of benzene rings is 1. The van der Waals surface area contributed by atoms with E-state index in [2.05, 4.69) is 10.3 Å². The third-order valence-electron chi connectivity index (χ3n) is 5.68. The van der Waals surface area contributed by atoms with Crippen LogP contribution in [0.15, 0.2) is 23.0 Å². The van der Waals surface area contributed by atoms with Crippen LogP contribution in [0.5, 0.6) is 11.5 Å². The minimum Gasteiger partial charge on any atom is -0.496 e. The molecule has 1 saturated carbocycles. The molecule has 3 rings (SSSR count). The number of aromatic amines is 1. The van der Waals surface area contributed by atoms with Crippen LogP contribution in [0, 0.1) is 5.92 Å². The third-order valence-corrected chi connectivity index (χ3v) is 5.68. The highest BCUT2D eigenvalue weighted by Gasteiger charge is 2.15. The first-order valence-electron chi connectivity index (χ1n) is 10.2. The number of methoxy groups -OCH3 is 2. The molecule has 1 aromatic carbocycles. The number of carbonyl (C=O) groups is 1. The van der Waals surface area contributed by atoms with Crippen molar-refractivity contribution >= 4 is 16.8 Å². The van der Waals surface area contributed by atoms with Gasteiger partial charge in [0.05, 0.1) is 19.7 Å². The molecule has 1 heterocycles. The van der Waals surface area contributed by atoms with Crippen molar-refractivity contribution in [2.75, 3.05) is 20.8 Å². The number of fused-ring (bicyclic) bond motifs is 1. The zero-order valence-corrected chi connectivity index (χ0v) is 16.8. The molecule has 2 aromatic rings. The van der Waals surface area contributed by atoms with Crippen LogP contribution in [0.2, 0.25) is 0 Å². The Labute approximate surface area is 165 Å². The van der Waals surface area contributed by atoms with Gasteiger partial charge in [0.15, 0.2) is 0 Å². The van der Waals surface area contributed by atoms with Crippen molar-refractivity contribution in [3.05, 3.63) is 34.1 Å². The summed E-state index contributed by atoms with van der Waals surface area (Å²) in [6.07, 6.45) is 8.45. The lowest BCUT2D eigenvalue weighted by atomic mass is 9.86. The molecule has 1 aromatic heterocycles. The highest BCUT2D eigenvalue weighted by molar-refractivity contribution is 5.90. The summed E-state index contributed by atoms with van der Waals surface area (Å²) in [5.41, 5.74) is 1.06. The van der Waals surface area contributed by atoms with Crippen molar-refractivity contribution in [1.82, 2.24) is 10.3 Å². The van der Waals surface area contributed by atoms with E-state index >= 15 is 0 Å². The van der Waals surface area contributed by atoms with Crippen molar-refractivity contribution < 1.29 is 14.3 Å². The molecular formula is C22H30N2O4. The molecule has 0 unspecified atom stereocenters. The van der Waals surface area contributed by atoms with Gasteiger partial charge >= 0.3 is 0 Å². The third kappa shape index (κ3) is 4.86. The van der Waals surface area contributed by atoms with Gasteiger partial charge in [-0.2, -0.15) is 0 Å². The van der Waals surface area contributed by atoms with Crippen LogP contribution in [-0.4, -0.2) is 31.7 Å². The van der Waals surface area contributed by atoms with E-state index in [1.165, 1.54) is 32.1 Å². The number of rotatable bonds is 8. The number of hydrogen-bond acceptors (Lipinski definition) is 4. The second-order valence-electron chi connectivity index (χ2n) is 7.53. The maximum atomic E-state index is 12.4. The summed E-state index contributed by atoms with van der Waals surface area (Å²) in [7, 11) is 3.16. The highest BCUT2D eigenvalue weighted by Crippen LogP contribution is 2.31. The average molecular weight is 386 g/mol. The van der Waals surface area contributed by atoms with Crippen molar-refractivity contribution in [2.24, 2.45) is 5.92 Å². The first-order valence-corrected chi connectivity index (χ1v) is 10.2. The Morgan fingerprint density at radius 3 is 2.57 bits per heavy atom. The van der Waals surface area contributed by atoms with E-state index in [1.54, 1.807) is 20.3 Å². The fourth-order valence-electron chi connectivity index (χ4n) is 4.06. The number of carbonyl (C=O) groups excluding carboxylic acids is 1. The summed E-state index contributed by atoms with van der Waals surface area (Å²) in [6.45, 7) is 0.449. The zero-order chi connectivity index (χ0) is 19.9. The van der Waals surface area contributed by atoms with E-state index in [4.69, 9.17) is 9.47 Å². The fourth-order valence-corrected chi connectivity index (χ4v) is 4.06. The van der Waals surface area contributed by atoms with Crippen molar-refractivity contribution in [3.8, 4) is 11.5 Å². The van der Waals surface area contributed by atoms with E-state index in [0.29, 0.717) is 47.9 Å². The van der Waals surface area contributed by atoms with Gasteiger partial charge in [0, 0.05) is 23.9 Å². The van der Waals surface area contributed by atoms with E-state index < -0.39 is 0 Å². The molecule has 2 N–H and O–H groups in total. The lowest BCUT2D eigenvalue weighted by Gasteiger charge is -2.20. The Bertz CT molecular complexity index is 869. The van der Waals surface area contributed by atoms with Gasteiger partial charge in [-0.15, -0.1) is 0 Å². The summed E-state index contributed by atoms with van der Waals surface area (Å²) in [4.78, 5) is 27.5. The predicted molar refractivity (Wildman–Crippen MR) is 110 cm³/mol. The summed E-state index contributed by atoms with van der Waals surface area (Å²) in [6, 6.07) is 5.41. The number of H-pyrrole nitrogens is 1. The molecule has 0 radical (unpaired) electrons. The van der Waals surface area contributed by atoms with Crippen LogP contribution >= 0.6 is 0 Å². The molecule has 0 spiro atoms. The summed E-state index contributed by atoms with van der Waals surface area (Å²) in [5.74, 6) is 2.03. The number of amides is 1. The predicted octanol–water partition coefficient (Wildman–Crippen LogP) is 3.56. The molecule has 1 aliphatic carbocycles. The first-order chi connectivity index (χ1) is 13.6. The van der Waals surface area contributed by atoms with Gasteiger partial charge in [-0.1, -0.05) is 32.1 Å². The van der Waals surface area contributed by atoms with Crippen molar-refractivity contribution in [3.63, 3.8) is 0 Å². The second kappa shape index (κ2) is 9.62. The van der Waals surface area contributed by atoms with Gasteiger partial charge < -0.3 is 19.8 Å². The van der Waals surface area contributed by atoms with Crippen molar-refractivity contribution in [2.45, 2.75) is 51.4 Å². The van der Waals surface area contributed by atoms with Crippen LogP contribution in [0.3, 0.4) is 0 Å². The maximum absolute atomic E-state index is 12.4. The molecule has 1 amide bonds. The van der Waals surface area contributed by atoms with Gasteiger partial charge in [0.2, 0.25) is 5.91 Å². The molecule has 1 aliphatic rings. The standard InChI is InChI=1S/C22H30N2O4/c1-27-18-9-10-19(28-2)21-17(18)14-16(22(26)24-21)12-13-23-20(25)11-8-15-6-4-3-5-7-15/h9-10,14-15H,3-8,11-13H2,1-2H3,(H,23,25)(H,24,26). The van der Waals surface area contributed by atoms with Crippen LogP contribution in [-0.2, 0) is 11.2 Å². The molecule has 6 nitrogen and oxygen atoms in total. The minimum atomic E-state index is -0.171. The molecule has 152 valence electrons. The summed E-state index contributed by atoms with van der Waals surface area (Å²) < 4.78 is 10.7. The maximum Gasteiger partial charge on any atom is 0.251 e. The topological polar surface area (TPSA) is 80.4 Å². The van der Waals surface area contributed by atoms with E-state index in [-0.39, 0.29) is 11.5 Å². The lowest BCUT2D eigenvalue weighted by molar-refractivity contribution is -0.121.